The van der Waals surface area contributed by atoms with E-state index in [9.17, 15) is 9.59 Å². The Balaban J connectivity index is 1.40. The van der Waals surface area contributed by atoms with Gasteiger partial charge in [-0.2, -0.15) is 0 Å². The van der Waals surface area contributed by atoms with Crippen molar-refractivity contribution in [3.05, 3.63) is 40.7 Å². The number of thiazole rings is 1. The van der Waals surface area contributed by atoms with Crippen LogP contribution >= 0.6 is 11.3 Å². The van der Waals surface area contributed by atoms with E-state index in [0.29, 0.717) is 30.9 Å². The number of amides is 1. The van der Waals surface area contributed by atoms with Crippen LogP contribution in [-0.4, -0.2) is 66.5 Å². The maximum absolute atomic E-state index is 12.9. The number of carbonyl (C=O) groups is 2. The second-order valence-corrected chi connectivity index (χ2v) is 8.83. The van der Waals surface area contributed by atoms with E-state index in [1.807, 2.05) is 59.6 Å². The Morgan fingerprint density at radius 3 is 2.68 bits per heavy atom. The number of carbonyl (C=O) groups excluding carboxylic acids is 2. The lowest BCUT2D eigenvalue weighted by atomic mass is 9.76. The number of aromatic nitrogens is 1. The summed E-state index contributed by atoms with van der Waals surface area (Å²) in [6.45, 7) is 1.89. The van der Waals surface area contributed by atoms with Crippen LogP contribution in [0, 0.1) is 5.41 Å². The number of nitrogens with zero attached hydrogens (tertiary/aromatic N) is 3. The normalized spacial score (nSPS) is 21.3. The van der Waals surface area contributed by atoms with Gasteiger partial charge in [-0.05, 0) is 26.9 Å². The van der Waals surface area contributed by atoms with Gasteiger partial charge in [0, 0.05) is 37.0 Å². The van der Waals surface area contributed by atoms with E-state index in [4.69, 9.17) is 4.74 Å². The molecule has 0 radical (unpaired) electrons. The van der Waals surface area contributed by atoms with Gasteiger partial charge in [0.1, 0.15) is 6.10 Å². The van der Waals surface area contributed by atoms with Gasteiger partial charge in [0.2, 0.25) is 0 Å². The van der Waals surface area contributed by atoms with Crippen LogP contribution in [0.4, 0.5) is 0 Å². The van der Waals surface area contributed by atoms with Gasteiger partial charge in [-0.1, -0.05) is 30.3 Å². The highest BCUT2D eigenvalue weighted by Gasteiger charge is 2.50. The SMILES string of the molecule is CN(C)CC1CC2(CCN(C(=O)c3nc(-c4ccccc4)cs3)CC2)C(=O)O1. The van der Waals surface area contributed by atoms with E-state index < -0.39 is 5.41 Å². The predicted molar refractivity (Wildman–Crippen MR) is 108 cm³/mol. The molecule has 2 aliphatic heterocycles. The molecule has 1 amide bonds. The Bertz CT molecular complexity index is 857. The van der Waals surface area contributed by atoms with Gasteiger partial charge in [-0.3, -0.25) is 9.59 Å². The van der Waals surface area contributed by atoms with Crippen LogP contribution in [-0.2, 0) is 9.53 Å². The Morgan fingerprint density at radius 2 is 2.00 bits per heavy atom. The number of piperidine rings is 1. The zero-order valence-electron chi connectivity index (χ0n) is 16.3. The topological polar surface area (TPSA) is 62.7 Å². The average molecular weight is 400 g/mol. The summed E-state index contributed by atoms with van der Waals surface area (Å²) in [6.07, 6.45) is 2.04. The summed E-state index contributed by atoms with van der Waals surface area (Å²) in [5.41, 5.74) is 1.42. The third-order valence-electron chi connectivity index (χ3n) is 5.66. The molecule has 0 saturated carbocycles. The number of cyclic esters (lactones) is 1. The molecule has 1 aromatic heterocycles. The van der Waals surface area contributed by atoms with E-state index >= 15 is 0 Å². The Hall–Kier alpha value is -2.25. The molecule has 2 aliphatic rings. The summed E-state index contributed by atoms with van der Waals surface area (Å²) in [5.74, 6) is -0.134. The monoisotopic (exact) mass is 399 g/mol. The molecule has 2 fully saturated rings. The zero-order valence-corrected chi connectivity index (χ0v) is 17.1. The van der Waals surface area contributed by atoms with Crippen molar-refractivity contribution in [1.82, 2.24) is 14.8 Å². The quantitative estimate of drug-likeness (QED) is 0.740. The van der Waals surface area contributed by atoms with Crippen LogP contribution < -0.4 is 0 Å². The smallest absolute Gasteiger partial charge is 0.312 e. The molecular formula is C21H25N3O3S. The minimum Gasteiger partial charge on any atom is -0.461 e. The molecule has 1 unspecified atom stereocenters. The minimum atomic E-state index is -0.421. The van der Waals surface area contributed by atoms with Crippen molar-refractivity contribution in [2.75, 3.05) is 33.7 Å². The van der Waals surface area contributed by atoms with E-state index in [1.54, 1.807) is 0 Å². The van der Waals surface area contributed by atoms with Crippen LogP contribution in [0.1, 0.15) is 29.1 Å². The van der Waals surface area contributed by atoms with Crippen molar-refractivity contribution >= 4 is 23.2 Å². The van der Waals surface area contributed by atoms with Crippen LogP contribution in [0.15, 0.2) is 35.7 Å². The van der Waals surface area contributed by atoms with Crippen LogP contribution in [0.25, 0.3) is 11.3 Å². The number of likely N-dealkylation sites (tertiary alicyclic amines) is 1. The molecular weight excluding hydrogens is 374 g/mol. The number of hydrogen-bond acceptors (Lipinski definition) is 6. The summed E-state index contributed by atoms with van der Waals surface area (Å²) in [7, 11) is 3.97. The van der Waals surface area contributed by atoms with Gasteiger partial charge >= 0.3 is 5.97 Å². The van der Waals surface area contributed by atoms with Gasteiger partial charge in [-0.25, -0.2) is 4.98 Å². The minimum absolute atomic E-state index is 0.0433. The fraction of sp³-hybridized carbons (Fsp3) is 0.476. The molecule has 0 bridgehead atoms. The molecule has 1 atom stereocenters. The Morgan fingerprint density at radius 1 is 1.29 bits per heavy atom. The molecule has 7 heteroatoms. The number of benzene rings is 1. The van der Waals surface area contributed by atoms with Gasteiger partial charge in [-0.15, -0.1) is 11.3 Å². The molecule has 0 N–H and O–H groups in total. The highest BCUT2D eigenvalue weighted by atomic mass is 32.1. The molecule has 1 aromatic carbocycles. The fourth-order valence-corrected chi connectivity index (χ4v) is 4.93. The molecule has 148 valence electrons. The molecule has 0 aliphatic carbocycles. The number of rotatable bonds is 4. The molecule has 4 rings (SSSR count). The predicted octanol–water partition coefficient (Wildman–Crippen LogP) is 2.91. The van der Waals surface area contributed by atoms with Crippen molar-refractivity contribution in [2.45, 2.75) is 25.4 Å². The number of esters is 1. The maximum Gasteiger partial charge on any atom is 0.312 e. The lowest BCUT2D eigenvalue weighted by Crippen LogP contribution is -2.45. The van der Waals surface area contributed by atoms with Crippen LogP contribution in [0.5, 0.6) is 0 Å². The second-order valence-electron chi connectivity index (χ2n) is 7.97. The highest BCUT2D eigenvalue weighted by Crippen LogP contribution is 2.43. The molecule has 1 spiro atoms. The lowest BCUT2D eigenvalue weighted by molar-refractivity contribution is -0.150. The van der Waals surface area contributed by atoms with E-state index in [0.717, 1.165) is 24.2 Å². The molecule has 2 saturated heterocycles. The zero-order chi connectivity index (χ0) is 19.7. The van der Waals surface area contributed by atoms with E-state index in [2.05, 4.69) is 4.98 Å². The maximum atomic E-state index is 12.9. The number of ether oxygens (including phenoxy) is 1. The third-order valence-corrected chi connectivity index (χ3v) is 6.49. The third kappa shape index (κ3) is 3.69. The Labute approximate surface area is 169 Å². The second kappa shape index (κ2) is 7.64. The van der Waals surface area contributed by atoms with E-state index in [-0.39, 0.29) is 18.0 Å². The van der Waals surface area contributed by atoms with Gasteiger partial charge in [0.25, 0.3) is 5.91 Å². The van der Waals surface area contributed by atoms with Crippen molar-refractivity contribution < 1.29 is 14.3 Å². The largest absolute Gasteiger partial charge is 0.461 e. The first-order valence-electron chi connectivity index (χ1n) is 9.63. The first-order valence-corrected chi connectivity index (χ1v) is 10.5. The van der Waals surface area contributed by atoms with Crippen molar-refractivity contribution in [3.63, 3.8) is 0 Å². The number of likely N-dealkylation sites (N-methyl/N-ethyl adjacent to an activating group) is 1. The Kier molecular flexibility index (Phi) is 5.21. The van der Waals surface area contributed by atoms with Crippen LogP contribution in [0.3, 0.4) is 0 Å². The summed E-state index contributed by atoms with van der Waals surface area (Å²) >= 11 is 1.38. The first kappa shape index (κ1) is 19.1. The summed E-state index contributed by atoms with van der Waals surface area (Å²) < 4.78 is 5.60. The molecule has 2 aromatic rings. The summed E-state index contributed by atoms with van der Waals surface area (Å²) in [5, 5.41) is 2.43. The first-order chi connectivity index (χ1) is 13.5. The summed E-state index contributed by atoms with van der Waals surface area (Å²) in [4.78, 5) is 33.8. The van der Waals surface area contributed by atoms with Gasteiger partial charge in [0.05, 0.1) is 11.1 Å². The van der Waals surface area contributed by atoms with Crippen molar-refractivity contribution in [1.29, 1.82) is 0 Å². The standard InChI is InChI=1S/C21H25N3O3S/c1-23(2)13-16-12-21(20(26)27-16)8-10-24(11-9-21)19(25)18-22-17(14-28-18)15-6-4-3-5-7-15/h3-7,14,16H,8-13H2,1-2H3. The molecule has 28 heavy (non-hydrogen) atoms. The van der Waals surface area contributed by atoms with Crippen molar-refractivity contribution in [3.8, 4) is 11.3 Å². The van der Waals surface area contributed by atoms with Gasteiger partial charge in [0.15, 0.2) is 5.01 Å². The van der Waals surface area contributed by atoms with E-state index in [1.165, 1.54) is 11.3 Å². The number of hydrogen-bond donors (Lipinski definition) is 0. The fourth-order valence-electron chi connectivity index (χ4n) is 4.14. The molecule has 3 heterocycles. The highest BCUT2D eigenvalue weighted by molar-refractivity contribution is 7.12. The van der Waals surface area contributed by atoms with Crippen molar-refractivity contribution in [2.24, 2.45) is 5.41 Å². The summed E-state index contributed by atoms with van der Waals surface area (Å²) in [6, 6.07) is 9.87. The molecule has 6 nitrogen and oxygen atoms in total. The van der Waals surface area contributed by atoms with Gasteiger partial charge < -0.3 is 14.5 Å². The lowest BCUT2D eigenvalue weighted by Gasteiger charge is -2.36. The van der Waals surface area contributed by atoms with Crippen LogP contribution in [0.2, 0.25) is 0 Å². The average Bonchev–Trinajstić information content (AvgIpc) is 3.28.